The van der Waals surface area contributed by atoms with Gasteiger partial charge in [-0.05, 0) is 78.7 Å². The van der Waals surface area contributed by atoms with Crippen LogP contribution in [0.25, 0.3) is 0 Å². The van der Waals surface area contributed by atoms with E-state index in [1.54, 1.807) is 24.3 Å². The normalized spacial score (nSPS) is 11.4. The maximum Gasteiger partial charge on any atom is 0.262 e. The molecule has 0 fully saturated rings. The van der Waals surface area contributed by atoms with E-state index in [9.17, 15) is 21.6 Å². The van der Waals surface area contributed by atoms with Gasteiger partial charge in [0.2, 0.25) is 10.0 Å². The van der Waals surface area contributed by atoms with Crippen molar-refractivity contribution in [3.05, 3.63) is 108 Å². The molecule has 42 heavy (non-hydrogen) atoms. The van der Waals surface area contributed by atoms with E-state index in [0.29, 0.717) is 28.4 Å². The summed E-state index contributed by atoms with van der Waals surface area (Å²) in [6.07, 6.45) is 1.14. The number of sulfonamides is 2. The number of nitrogens with zero attached hydrogens (tertiary/aromatic N) is 1. The van der Waals surface area contributed by atoms with Gasteiger partial charge in [-0.25, -0.2) is 16.8 Å². The molecule has 0 unspecified atom stereocenters. The molecule has 0 spiro atoms. The molecule has 1 amide bonds. The molecule has 0 aliphatic carbocycles. The third-order valence-electron chi connectivity index (χ3n) is 6.47. The molecule has 4 aromatic carbocycles. The van der Waals surface area contributed by atoms with Crippen LogP contribution in [-0.2, 0) is 26.6 Å². The Kier molecular flexibility index (Phi) is 9.08. The molecule has 0 bridgehead atoms. The topological polar surface area (TPSA) is 131 Å². The van der Waals surface area contributed by atoms with Gasteiger partial charge in [0.15, 0.2) is 0 Å². The predicted octanol–water partition coefficient (Wildman–Crippen LogP) is 5.03. The zero-order valence-electron chi connectivity index (χ0n) is 23.5. The fourth-order valence-electron chi connectivity index (χ4n) is 4.13. The van der Waals surface area contributed by atoms with Crippen LogP contribution in [0.15, 0.2) is 95.9 Å². The Morgan fingerprint density at radius 3 is 2.10 bits per heavy atom. The monoisotopic (exact) mass is 609 g/mol. The average Bonchev–Trinajstić information content (AvgIpc) is 2.96. The molecule has 0 saturated carbocycles. The van der Waals surface area contributed by atoms with Gasteiger partial charge in [0.25, 0.3) is 15.9 Å². The van der Waals surface area contributed by atoms with Crippen molar-refractivity contribution in [1.29, 1.82) is 0 Å². The number of rotatable bonds is 11. The van der Waals surface area contributed by atoms with Gasteiger partial charge in [0, 0.05) is 17.3 Å². The van der Waals surface area contributed by atoms with Crippen molar-refractivity contribution >= 4 is 43.0 Å². The number of benzene rings is 4. The van der Waals surface area contributed by atoms with Crippen LogP contribution in [0.2, 0.25) is 0 Å². The summed E-state index contributed by atoms with van der Waals surface area (Å²) in [4.78, 5) is 12.9. The van der Waals surface area contributed by atoms with Gasteiger partial charge in [-0.2, -0.15) is 0 Å². The highest BCUT2D eigenvalue weighted by Gasteiger charge is 2.20. The molecule has 0 saturated heterocycles. The number of amides is 1. The largest absolute Gasteiger partial charge is 0.497 e. The molecule has 220 valence electrons. The number of anilines is 3. The van der Waals surface area contributed by atoms with Crippen molar-refractivity contribution in [1.82, 2.24) is 0 Å². The molecular formula is C30H31N3O7S2. The summed E-state index contributed by atoms with van der Waals surface area (Å²) < 4.78 is 65.2. The molecule has 0 aromatic heterocycles. The van der Waals surface area contributed by atoms with E-state index < -0.39 is 26.0 Å². The van der Waals surface area contributed by atoms with E-state index in [1.165, 1.54) is 61.0 Å². The lowest BCUT2D eigenvalue weighted by molar-refractivity contribution is 0.102. The van der Waals surface area contributed by atoms with E-state index in [0.717, 1.165) is 17.4 Å². The number of methoxy groups -OCH3 is 2. The second-order valence-electron chi connectivity index (χ2n) is 9.39. The highest BCUT2D eigenvalue weighted by Crippen LogP contribution is 2.31. The van der Waals surface area contributed by atoms with Crippen LogP contribution in [0.3, 0.4) is 0 Å². The van der Waals surface area contributed by atoms with Gasteiger partial charge in [0.05, 0.1) is 43.3 Å². The molecule has 0 radical (unpaired) electrons. The first-order valence-electron chi connectivity index (χ1n) is 12.7. The van der Waals surface area contributed by atoms with Crippen LogP contribution < -0.4 is 23.8 Å². The fraction of sp³-hybridized carbons (Fsp3) is 0.167. The second-order valence-corrected chi connectivity index (χ2v) is 13.0. The van der Waals surface area contributed by atoms with Gasteiger partial charge < -0.3 is 14.8 Å². The van der Waals surface area contributed by atoms with Crippen molar-refractivity contribution in [3.63, 3.8) is 0 Å². The standard InChI is InChI=1S/C30H31N3O7S2/c1-21-7-5-6-8-23(21)20-33(41(4,35)36)25-13-9-22(10-14-25)30(34)31-24-11-16-27(17-12-24)42(37,38)32-28-18-15-26(39-2)19-29(28)40-3/h5-19,32H,20H2,1-4H3,(H,31,34). The smallest absolute Gasteiger partial charge is 0.262 e. The highest BCUT2D eigenvalue weighted by molar-refractivity contribution is 7.92. The minimum atomic E-state index is -3.95. The number of carbonyl (C=O) groups is 1. The van der Waals surface area contributed by atoms with Crippen molar-refractivity contribution in [3.8, 4) is 11.5 Å². The first-order chi connectivity index (χ1) is 19.9. The molecule has 0 atom stereocenters. The Morgan fingerprint density at radius 1 is 0.833 bits per heavy atom. The molecular weight excluding hydrogens is 578 g/mol. The summed E-state index contributed by atoms with van der Waals surface area (Å²) in [5, 5.41) is 2.72. The van der Waals surface area contributed by atoms with Gasteiger partial charge in [-0.15, -0.1) is 0 Å². The van der Waals surface area contributed by atoms with E-state index >= 15 is 0 Å². The first-order valence-corrected chi connectivity index (χ1v) is 16.0. The van der Waals surface area contributed by atoms with Crippen LogP contribution in [-0.4, -0.2) is 43.2 Å². The molecule has 2 N–H and O–H groups in total. The van der Waals surface area contributed by atoms with Crippen LogP contribution in [0, 0.1) is 6.92 Å². The molecule has 4 rings (SSSR count). The zero-order valence-corrected chi connectivity index (χ0v) is 25.1. The fourth-order valence-corrected chi connectivity index (χ4v) is 6.08. The number of aryl methyl sites for hydroxylation is 1. The SMILES string of the molecule is COc1ccc(NS(=O)(=O)c2ccc(NC(=O)c3ccc(N(Cc4ccccc4C)S(C)(=O)=O)cc3)cc2)c(OC)c1. The number of ether oxygens (including phenoxy) is 2. The van der Waals surface area contributed by atoms with Crippen LogP contribution >= 0.6 is 0 Å². The van der Waals surface area contributed by atoms with Crippen molar-refractivity contribution in [2.75, 3.05) is 34.8 Å². The molecule has 0 aliphatic rings. The predicted molar refractivity (Wildman–Crippen MR) is 163 cm³/mol. The summed E-state index contributed by atoms with van der Waals surface area (Å²) in [7, 11) is -4.63. The summed E-state index contributed by atoms with van der Waals surface area (Å²) in [6.45, 7) is 2.08. The minimum absolute atomic E-state index is 0.0164. The van der Waals surface area contributed by atoms with E-state index in [-0.39, 0.29) is 17.1 Å². The van der Waals surface area contributed by atoms with Crippen molar-refractivity contribution in [2.45, 2.75) is 18.4 Å². The second kappa shape index (κ2) is 12.5. The molecule has 4 aromatic rings. The van der Waals surface area contributed by atoms with Gasteiger partial charge in [-0.1, -0.05) is 24.3 Å². The van der Waals surface area contributed by atoms with Crippen LogP contribution in [0.1, 0.15) is 21.5 Å². The Balaban J connectivity index is 1.45. The lowest BCUT2D eigenvalue weighted by atomic mass is 10.1. The third-order valence-corrected chi connectivity index (χ3v) is 8.99. The summed E-state index contributed by atoms with van der Waals surface area (Å²) in [5.74, 6) is 0.366. The average molecular weight is 610 g/mol. The van der Waals surface area contributed by atoms with Gasteiger partial charge >= 0.3 is 0 Å². The molecule has 12 heteroatoms. The number of nitrogens with one attached hydrogen (secondary N) is 2. The van der Waals surface area contributed by atoms with E-state index in [1.807, 2.05) is 31.2 Å². The summed E-state index contributed by atoms with van der Waals surface area (Å²) in [5.41, 5.74) is 3.18. The summed E-state index contributed by atoms with van der Waals surface area (Å²) in [6, 6.07) is 24.1. The highest BCUT2D eigenvalue weighted by atomic mass is 32.2. The lowest BCUT2D eigenvalue weighted by Crippen LogP contribution is -2.29. The Labute approximate surface area is 246 Å². The number of hydrogen-bond acceptors (Lipinski definition) is 7. The molecule has 0 aliphatic heterocycles. The Morgan fingerprint density at radius 2 is 1.50 bits per heavy atom. The quantitative estimate of drug-likeness (QED) is 0.244. The Hall–Kier alpha value is -4.55. The number of hydrogen-bond donors (Lipinski definition) is 2. The van der Waals surface area contributed by atoms with Crippen molar-refractivity contribution < 1.29 is 31.1 Å². The number of carbonyl (C=O) groups excluding carboxylic acids is 1. The van der Waals surface area contributed by atoms with Crippen LogP contribution in [0.4, 0.5) is 17.1 Å². The van der Waals surface area contributed by atoms with Gasteiger partial charge in [-0.3, -0.25) is 13.8 Å². The Bertz CT molecular complexity index is 1790. The maximum atomic E-state index is 12.9. The van der Waals surface area contributed by atoms with Crippen LogP contribution in [0.5, 0.6) is 11.5 Å². The third kappa shape index (κ3) is 7.20. The minimum Gasteiger partial charge on any atom is -0.497 e. The summed E-state index contributed by atoms with van der Waals surface area (Å²) >= 11 is 0. The lowest BCUT2D eigenvalue weighted by Gasteiger charge is -2.23. The van der Waals surface area contributed by atoms with Crippen molar-refractivity contribution in [2.24, 2.45) is 0 Å². The zero-order chi connectivity index (χ0) is 30.5. The molecule has 10 nitrogen and oxygen atoms in total. The maximum absolute atomic E-state index is 12.9. The van der Waals surface area contributed by atoms with E-state index in [2.05, 4.69) is 10.0 Å². The van der Waals surface area contributed by atoms with E-state index in [4.69, 9.17) is 9.47 Å². The van der Waals surface area contributed by atoms with Gasteiger partial charge in [0.1, 0.15) is 11.5 Å². The first kappa shape index (κ1) is 30.4. The molecule has 0 heterocycles.